The first-order valence-electron chi connectivity index (χ1n) is 16.7. The van der Waals surface area contributed by atoms with Crippen LogP contribution in [0.1, 0.15) is 74.7 Å². The molecule has 3 rings (SSSR count). The lowest BCUT2D eigenvalue weighted by atomic mass is 9.73. The molecular formula is C33H58N4O10. The molecule has 2 N–H and O–H groups in total. The molecule has 3 aliphatic heterocycles. The van der Waals surface area contributed by atoms with Gasteiger partial charge >= 0.3 is 12.1 Å². The molecule has 14 heteroatoms. The fourth-order valence-corrected chi connectivity index (χ4v) is 8.05. The van der Waals surface area contributed by atoms with Crippen molar-refractivity contribution in [3.63, 3.8) is 0 Å². The van der Waals surface area contributed by atoms with E-state index in [0.29, 0.717) is 18.6 Å². The molecule has 0 aromatic heterocycles. The fourth-order valence-electron chi connectivity index (χ4n) is 8.05. The highest BCUT2D eigenvalue weighted by molar-refractivity contribution is 6.00. The van der Waals surface area contributed by atoms with Crippen LogP contribution >= 0.6 is 0 Å². The Bertz CT molecular complexity index is 1150. The summed E-state index contributed by atoms with van der Waals surface area (Å²) in [6, 6.07) is -0.775. The average Bonchev–Trinajstić information content (AvgIpc) is 3.29. The summed E-state index contributed by atoms with van der Waals surface area (Å²) in [7, 11) is 8.67. The molecule has 270 valence electrons. The summed E-state index contributed by atoms with van der Waals surface area (Å²) in [6.07, 6.45) is -2.74. The van der Waals surface area contributed by atoms with Gasteiger partial charge in [-0.05, 0) is 61.1 Å². The minimum atomic E-state index is -1.35. The number of amides is 1. The van der Waals surface area contributed by atoms with E-state index in [2.05, 4.69) is 15.5 Å². The third-order valence-corrected chi connectivity index (χ3v) is 10.7. The van der Waals surface area contributed by atoms with Crippen molar-refractivity contribution in [2.75, 3.05) is 35.4 Å². The first-order valence-corrected chi connectivity index (χ1v) is 16.7. The molecule has 3 saturated heterocycles. The van der Waals surface area contributed by atoms with E-state index in [1.54, 1.807) is 28.0 Å². The van der Waals surface area contributed by atoms with Crippen LogP contribution in [0.4, 0.5) is 4.79 Å². The fraction of sp³-hybridized carbons (Fsp3) is 0.879. The number of hydrogen-bond acceptors (Lipinski definition) is 13. The summed E-state index contributed by atoms with van der Waals surface area (Å²) >= 11 is 0. The lowest BCUT2D eigenvalue weighted by molar-refractivity contribution is -0.299. The third-order valence-electron chi connectivity index (χ3n) is 10.7. The zero-order valence-corrected chi connectivity index (χ0v) is 30.4. The van der Waals surface area contributed by atoms with Gasteiger partial charge in [-0.15, -0.1) is 0 Å². The summed E-state index contributed by atoms with van der Waals surface area (Å²) in [4.78, 5) is 43.1. The molecule has 13 atom stereocenters. The van der Waals surface area contributed by atoms with E-state index in [4.69, 9.17) is 28.4 Å². The Morgan fingerprint density at radius 1 is 1.09 bits per heavy atom. The van der Waals surface area contributed by atoms with Gasteiger partial charge in [0.25, 0.3) is 0 Å². The van der Waals surface area contributed by atoms with E-state index < -0.39 is 83.4 Å². The maximum absolute atomic E-state index is 14.2. The number of hydrazine groups is 1. The molecule has 0 radical (unpaired) electrons. The van der Waals surface area contributed by atoms with Crippen LogP contribution in [0, 0.1) is 23.7 Å². The highest BCUT2D eigenvalue weighted by atomic mass is 16.7. The van der Waals surface area contributed by atoms with E-state index in [0.717, 1.165) is 0 Å². The monoisotopic (exact) mass is 670 g/mol. The second-order valence-corrected chi connectivity index (χ2v) is 14.1. The number of cyclic esters (lactones) is 1. The Balaban J connectivity index is 2.18. The SMILES string of the molecule is CC[C@H]1OC(=O)C(C)C(=O)C(C)C(OC2OC(C)CC(N(C)C)C2OC)C(C)(OC)CC(C)C(=NO)C(C)C2N(NC)C(=O)OC21C. The second-order valence-electron chi connectivity index (χ2n) is 14.1. The molecule has 14 nitrogen and oxygen atoms in total. The number of carbonyl (C=O) groups is 3. The van der Waals surface area contributed by atoms with Gasteiger partial charge < -0.3 is 38.5 Å². The Hall–Kier alpha value is -2.36. The van der Waals surface area contributed by atoms with Gasteiger partial charge in [-0.2, -0.15) is 0 Å². The number of Topliss-reactive ketones (excluding diaryl/α,β-unsaturated/α-hetero) is 1. The maximum atomic E-state index is 14.2. The Kier molecular flexibility index (Phi) is 12.9. The Morgan fingerprint density at radius 3 is 2.23 bits per heavy atom. The van der Waals surface area contributed by atoms with Crippen LogP contribution in [-0.4, -0.2) is 128 Å². The van der Waals surface area contributed by atoms with Gasteiger partial charge in [-0.1, -0.05) is 32.9 Å². The molecule has 3 fully saturated rings. The molecule has 1 amide bonds. The van der Waals surface area contributed by atoms with Crippen molar-refractivity contribution >= 4 is 23.6 Å². The van der Waals surface area contributed by atoms with Gasteiger partial charge in [0.1, 0.15) is 24.2 Å². The predicted octanol–water partition coefficient (Wildman–Crippen LogP) is 3.24. The molecule has 3 aliphatic rings. The summed E-state index contributed by atoms with van der Waals surface area (Å²) in [5.74, 6) is -4.20. The number of hydrogen-bond donors (Lipinski definition) is 2. The molecule has 47 heavy (non-hydrogen) atoms. The third kappa shape index (κ3) is 7.47. The number of ether oxygens (including phenoxy) is 6. The molecule has 0 saturated carbocycles. The zero-order valence-electron chi connectivity index (χ0n) is 30.4. The van der Waals surface area contributed by atoms with E-state index in [1.165, 1.54) is 19.0 Å². The maximum Gasteiger partial charge on any atom is 0.425 e. The van der Waals surface area contributed by atoms with Crippen molar-refractivity contribution in [2.24, 2.45) is 28.8 Å². The van der Waals surface area contributed by atoms with Crippen LogP contribution in [0.3, 0.4) is 0 Å². The molecule has 0 bridgehead atoms. The number of fused-ring (bicyclic) bond motifs is 1. The minimum absolute atomic E-state index is 0.0272. The molecule has 0 aliphatic carbocycles. The number of methoxy groups -OCH3 is 2. The Morgan fingerprint density at radius 2 is 1.72 bits per heavy atom. The molecule has 0 aromatic carbocycles. The van der Waals surface area contributed by atoms with Crippen molar-refractivity contribution in [2.45, 2.75) is 129 Å². The molecule has 0 spiro atoms. The Labute approximate surface area is 279 Å². The standard InChI is InChI=1S/C33H58N4O10/c1-14-23-33(8)27(37(34-9)31(40)47-33)19(4)24(35-41)17(2)16-32(7,43-13)28(20(5)25(38)21(6)29(39)45-23)46-30-26(42-12)22(36(10)11)15-18(3)44-30/h17-23,26-28,30,34,41H,14-16H2,1-13H3/t17?,18?,19?,20?,21?,22?,23-,26?,27?,28?,30?,32?,33?/m1/s1. The number of esters is 1. The van der Waals surface area contributed by atoms with Crippen molar-refractivity contribution < 1.29 is 48.0 Å². The average molecular weight is 671 g/mol. The number of carbonyl (C=O) groups excluding carboxylic acids is 3. The predicted molar refractivity (Wildman–Crippen MR) is 173 cm³/mol. The first kappa shape index (κ1) is 39.1. The van der Waals surface area contributed by atoms with E-state index in [1.807, 2.05) is 48.7 Å². The van der Waals surface area contributed by atoms with Crippen molar-refractivity contribution in [3.05, 3.63) is 0 Å². The second kappa shape index (κ2) is 15.5. The smallest absolute Gasteiger partial charge is 0.425 e. The van der Waals surface area contributed by atoms with Crippen LogP contribution in [0.25, 0.3) is 0 Å². The number of rotatable bonds is 7. The van der Waals surface area contributed by atoms with Crippen LogP contribution in [0.2, 0.25) is 0 Å². The van der Waals surface area contributed by atoms with Gasteiger partial charge in [-0.3, -0.25) is 9.59 Å². The van der Waals surface area contributed by atoms with Gasteiger partial charge in [0.15, 0.2) is 17.7 Å². The van der Waals surface area contributed by atoms with Gasteiger partial charge in [0.05, 0.1) is 23.5 Å². The number of oxime groups is 1. The summed E-state index contributed by atoms with van der Waals surface area (Å²) in [5, 5.41) is 15.6. The van der Waals surface area contributed by atoms with E-state index >= 15 is 0 Å². The minimum Gasteiger partial charge on any atom is -0.458 e. The highest BCUT2D eigenvalue weighted by Crippen LogP contribution is 2.42. The van der Waals surface area contributed by atoms with Crippen LogP contribution in [0.5, 0.6) is 0 Å². The lowest BCUT2D eigenvalue weighted by Crippen LogP contribution is -2.61. The summed E-state index contributed by atoms with van der Waals surface area (Å²) in [5.41, 5.74) is 0.766. The topological polar surface area (TPSA) is 158 Å². The van der Waals surface area contributed by atoms with E-state index in [-0.39, 0.29) is 18.6 Å². The normalized spacial score (nSPS) is 43.4. The number of likely N-dealkylation sites (N-methyl/N-ethyl adjacent to an activating group) is 1. The molecule has 0 aromatic rings. The highest BCUT2D eigenvalue weighted by Gasteiger charge is 2.60. The van der Waals surface area contributed by atoms with Crippen molar-refractivity contribution in [1.29, 1.82) is 0 Å². The largest absolute Gasteiger partial charge is 0.458 e. The number of ketones is 1. The van der Waals surface area contributed by atoms with E-state index in [9.17, 15) is 19.6 Å². The molecule has 3 heterocycles. The summed E-state index contributed by atoms with van der Waals surface area (Å²) < 4.78 is 37.1. The lowest BCUT2D eigenvalue weighted by Gasteiger charge is -2.48. The molecule has 12 unspecified atom stereocenters. The van der Waals surface area contributed by atoms with Crippen molar-refractivity contribution in [1.82, 2.24) is 15.3 Å². The summed E-state index contributed by atoms with van der Waals surface area (Å²) in [6.45, 7) is 14.3. The molecular weight excluding hydrogens is 612 g/mol. The van der Waals surface area contributed by atoms with Gasteiger partial charge in [0.2, 0.25) is 0 Å². The van der Waals surface area contributed by atoms with Gasteiger partial charge in [-0.25, -0.2) is 15.2 Å². The van der Waals surface area contributed by atoms with Crippen molar-refractivity contribution in [3.8, 4) is 0 Å². The number of nitrogens with zero attached hydrogens (tertiary/aromatic N) is 3. The first-order chi connectivity index (χ1) is 22.0. The quantitative estimate of drug-likeness (QED) is 0.177. The zero-order chi connectivity index (χ0) is 35.6. The van der Waals surface area contributed by atoms with Gasteiger partial charge in [0, 0.05) is 45.1 Å². The van der Waals surface area contributed by atoms with Crippen LogP contribution < -0.4 is 5.43 Å². The van der Waals surface area contributed by atoms with Crippen LogP contribution in [0.15, 0.2) is 5.16 Å². The van der Waals surface area contributed by atoms with Crippen LogP contribution in [-0.2, 0) is 38.0 Å². The number of nitrogens with one attached hydrogen (secondary N) is 1.